The molecule has 0 aliphatic heterocycles. The van der Waals surface area contributed by atoms with E-state index in [0.717, 1.165) is 0 Å². The summed E-state index contributed by atoms with van der Waals surface area (Å²) >= 11 is 0. The Morgan fingerprint density at radius 1 is 1.23 bits per heavy atom. The average Bonchev–Trinajstić information content (AvgIpc) is 2.48. The van der Waals surface area contributed by atoms with Crippen LogP contribution in [0.3, 0.4) is 0 Å². The van der Waals surface area contributed by atoms with Crippen LogP contribution in [-0.4, -0.2) is 38.1 Å². The zero-order valence-corrected chi connectivity index (χ0v) is 17.7. The molecule has 0 saturated carbocycles. The molecule has 0 fully saturated rings. The number of hydrogen-bond acceptors (Lipinski definition) is 6. The predicted octanol–water partition coefficient (Wildman–Crippen LogP) is 3.81. The predicted molar refractivity (Wildman–Crippen MR) is 102 cm³/mol. The molecule has 0 heterocycles. The van der Waals surface area contributed by atoms with E-state index in [2.05, 4.69) is 33.9 Å². The van der Waals surface area contributed by atoms with Crippen LogP contribution in [0, 0.1) is 0 Å². The monoisotopic (exact) mass is 382 g/mol. The van der Waals surface area contributed by atoms with Crippen LogP contribution < -0.4 is 4.43 Å². The molecular formula is C19H30O6Si. The standard InChI is InChI=1S/C19H30O6Si/c1-8-23-18(22)17(24-13(2)20)12-14-11-15(9-10-16(14)21)25-26(6,7)19(3,4)5/h9-11,17,21H,8,12H2,1-7H3/t17-/m1/s1. The first kappa shape index (κ1) is 22.0. The van der Waals surface area contributed by atoms with Crippen molar-refractivity contribution in [1.82, 2.24) is 0 Å². The third kappa shape index (κ3) is 6.05. The van der Waals surface area contributed by atoms with Gasteiger partial charge in [0.1, 0.15) is 11.5 Å². The molecule has 0 unspecified atom stereocenters. The molecule has 6 nitrogen and oxygen atoms in total. The molecular weight excluding hydrogens is 352 g/mol. The number of ether oxygens (including phenoxy) is 2. The molecule has 7 heteroatoms. The van der Waals surface area contributed by atoms with Crippen LogP contribution in [-0.2, 0) is 25.5 Å². The fraction of sp³-hybridized carbons (Fsp3) is 0.579. The van der Waals surface area contributed by atoms with Crippen molar-refractivity contribution in [2.75, 3.05) is 6.61 Å². The summed E-state index contributed by atoms with van der Waals surface area (Å²) in [6.45, 7) is 13.7. The zero-order chi connectivity index (χ0) is 20.1. The minimum Gasteiger partial charge on any atom is -0.543 e. The molecule has 0 spiro atoms. The van der Waals surface area contributed by atoms with Crippen LogP contribution in [0.1, 0.15) is 40.2 Å². The summed E-state index contributed by atoms with van der Waals surface area (Å²) in [5.74, 6) is -0.599. The van der Waals surface area contributed by atoms with Crippen LogP contribution in [0.25, 0.3) is 0 Å². The van der Waals surface area contributed by atoms with Gasteiger partial charge >= 0.3 is 11.9 Å². The first-order chi connectivity index (χ1) is 11.9. The Bertz CT molecular complexity index is 648. The minimum absolute atomic E-state index is 0.00836. The average molecular weight is 383 g/mol. The number of aromatic hydroxyl groups is 1. The van der Waals surface area contributed by atoms with Crippen molar-refractivity contribution in [3.63, 3.8) is 0 Å². The fourth-order valence-electron chi connectivity index (χ4n) is 2.04. The van der Waals surface area contributed by atoms with Crippen molar-refractivity contribution in [2.24, 2.45) is 0 Å². The third-order valence-corrected chi connectivity index (χ3v) is 8.85. The number of esters is 2. The van der Waals surface area contributed by atoms with Gasteiger partial charge in [0, 0.05) is 18.9 Å². The highest BCUT2D eigenvalue weighted by molar-refractivity contribution is 6.74. The number of phenolic OH excluding ortho intramolecular Hbond substituents is 1. The Morgan fingerprint density at radius 3 is 2.35 bits per heavy atom. The number of rotatable bonds is 7. The fourth-order valence-corrected chi connectivity index (χ4v) is 3.07. The van der Waals surface area contributed by atoms with Crippen molar-refractivity contribution in [2.45, 2.75) is 65.3 Å². The van der Waals surface area contributed by atoms with Crippen LogP contribution in [0.15, 0.2) is 18.2 Å². The van der Waals surface area contributed by atoms with E-state index in [9.17, 15) is 14.7 Å². The lowest BCUT2D eigenvalue weighted by atomic mass is 10.1. The van der Waals surface area contributed by atoms with Gasteiger partial charge in [0.25, 0.3) is 0 Å². The van der Waals surface area contributed by atoms with Crippen molar-refractivity contribution in [1.29, 1.82) is 0 Å². The molecule has 1 aromatic rings. The maximum atomic E-state index is 12.0. The van der Waals surface area contributed by atoms with Crippen molar-refractivity contribution < 1.29 is 28.6 Å². The second-order valence-electron chi connectivity index (χ2n) is 7.71. The van der Waals surface area contributed by atoms with E-state index in [1.54, 1.807) is 19.1 Å². The summed E-state index contributed by atoms with van der Waals surface area (Å²) in [6.07, 6.45) is -1.10. The van der Waals surface area contributed by atoms with Crippen LogP contribution in [0.4, 0.5) is 0 Å². The molecule has 0 saturated heterocycles. The summed E-state index contributed by atoms with van der Waals surface area (Å²) in [5.41, 5.74) is 0.459. The summed E-state index contributed by atoms with van der Waals surface area (Å²) in [5, 5.41) is 10.2. The van der Waals surface area contributed by atoms with Crippen LogP contribution in [0.5, 0.6) is 11.5 Å². The number of phenols is 1. The first-order valence-corrected chi connectivity index (χ1v) is 11.6. The van der Waals surface area contributed by atoms with E-state index in [-0.39, 0.29) is 23.8 Å². The third-order valence-electron chi connectivity index (χ3n) is 4.49. The lowest BCUT2D eigenvalue weighted by molar-refractivity contribution is -0.166. The molecule has 0 bridgehead atoms. The zero-order valence-electron chi connectivity index (χ0n) is 16.7. The summed E-state index contributed by atoms with van der Waals surface area (Å²) in [4.78, 5) is 23.3. The summed E-state index contributed by atoms with van der Waals surface area (Å²) in [6, 6.07) is 4.91. The SMILES string of the molecule is CCOC(=O)[C@@H](Cc1cc(O[Si](C)(C)C(C)(C)C)ccc1O)OC(C)=O. The molecule has 0 amide bonds. The van der Waals surface area contributed by atoms with Crippen LogP contribution in [0.2, 0.25) is 18.1 Å². The van der Waals surface area contributed by atoms with Gasteiger partial charge in [0.2, 0.25) is 14.4 Å². The normalized spacial score (nSPS) is 13.0. The number of carbonyl (C=O) groups excluding carboxylic acids is 2. The molecule has 1 N–H and O–H groups in total. The van der Waals surface area contributed by atoms with Gasteiger partial charge in [-0.1, -0.05) is 20.8 Å². The lowest BCUT2D eigenvalue weighted by Gasteiger charge is -2.36. The van der Waals surface area contributed by atoms with E-state index >= 15 is 0 Å². The summed E-state index contributed by atoms with van der Waals surface area (Å²) < 4.78 is 16.2. The molecule has 1 atom stereocenters. The van der Waals surface area contributed by atoms with Gasteiger partial charge in [-0.2, -0.15) is 0 Å². The van der Waals surface area contributed by atoms with Gasteiger partial charge in [-0.05, 0) is 43.3 Å². The highest BCUT2D eigenvalue weighted by Gasteiger charge is 2.39. The Hall–Kier alpha value is -2.02. The van der Waals surface area contributed by atoms with E-state index in [4.69, 9.17) is 13.9 Å². The van der Waals surface area contributed by atoms with Crippen LogP contribution >= 0.6 is 0 Å². The second kappa shape index (κ2) is 8.57. The van der Waals surface area contributed by atoms with Gasteiger partial charge in [0.05, 0.1) is 6.61 Å². The second-order valence-corrected chi connectivity index (χ2v) is 12.4. The molecule has 1 rings (SSSR count). The van der Waals surface area contributed by atoms with Gasteiger partial charge in [-0.3, -0.25) is 4.79 Å². The van der Waals surface area contributed by atoms with Crippen molar-refractivity contribution in [3.05, 3.63) is 23.8 Å². The van der Waals surface area contributed by atoms with E-state index < -0.39 is 26.4 Å². The summed E-state index contributed by atoms with van der Waals surface area (Å²) in [7, 11) is -2.05. The van der Waals surface area contributed by atoms with Gasteiger partial charge in [-0.15, -0.1) is 0 Å². The minimum atomic E-state index is -2.05. The molecule has 1 aromatic carbocycles. The first-order valence-electron chi connectivity index (χ1n) is 8.72. The molecule has 0 aromatic heterocycles. The maximum Gasteiger partial charge on any atom is 0.347 e. The molecule has 146 valence electrons. The largest absolute Gasteiger partial charge is 0.543 e. The van der Waals surface area contributed by atoms with E-state index in [0.29, 0.717) is 11.3 Å². The van der Waals surface area contributed by atoms with Gasteiger partial charge in [-0.25, -0.2) is 4.79 Å². The Kier molecular flexibility index (Phi) is 7.26. The highest BCUT2D eigenvalue weighted by Crippen LogP contribution is 2.38. The number of hydrogen-bond donors (Lipinski definition) is 1. The Labute approximate surface area is 156 Å². The van der Waals surface area contributed by atoms with Gasteiger partial charge in [0.15, 0.2) is 0 Å². The number of carbonyl (C=O) groups is 2. The van der Waals surface area contributed by atoms with Crippen molar-refractivity contribution in [3.8, 4) is 11.5 Å². The lowest BCUT2D eigenvalue weighted by Crippen LogP contribution is -2.43. The number of benzene rings is 1. The van der Waals surface area contributed by atoms with Gasteiger partial charge < -0.3 is 19.0 Å². The maximum absolute atomic E-state index is 12.0. The van der Waals surface area contributed by atoms with E-state index in [1.165, 1.54) is 13.0 Å². The van der Waals surface area contributed by atoms with Crippen molar-refractivity contribution >= 4 is 20.3 Å². The topological polar surface area (TPSA) is 82.1 Å². The quantitative estimate of drug-likeness (QED) is 0.570. The Balaban J connectivity index is 3.08. The highest BCUT2D eigenvalue weighted by atomic mass is 28.4. The molecule has 0 aliphatic rings. The molecule has 26 heavy (non-hydrogen) atoms. The Morgan fingerprint density at radius 2 is 1.85 bits per heavy atom. The van der Waals surface area contributed by atoms with E-state index in [1.807, 2.05) is 0 Å². The molecule has 0 aliphatic carbocycles. The molecule has 0 radical (unpaired) electrons. The smallest absolute Gasteiger partial charge is 0.347 e.